The van der Waals surface area contributed by atoms with E-state index in [1.165, 1.54) is 116 Å². The summed E-state index contributed by atoms with van der Waals surface area (Å²) in [7, 11) is 2.78. The van der Waals surface area contributed by atoms with E-state index in [1.807, 2.05) is 0 Å². The second-order valence-electron chi connectivity index (χ2n) is 8.41. The molecule has 0 rings (SSSR count). The minimum atomic E-state index is -2.33. The molecule has 0 atom stereocenters. The molecule has 0 heterocycles. The molecule has 0 fully saturated rings. The number of hydrogen-bond acceptors (Lipinski definition) is 3. The zero-order valence-electron chi connectivity index (χ0n) is 19.9. The number of rotatable bonds is 23. The maximum absolute atomic E-state index is 5.47. The molecule has 0 aromatic heterocycles. The molecule has 0 aliphatic heterocycles. The van der Waals surface area contributed by atoms with E-state index in [2.05, 4.69) is 6.92 Å². The first-order valence-corrected chi connectivity index (χ1v) is 14.3. The van der Waals surface area contributed by atoms with Crippen LogP contribution in [0.25, 0.3) is 0 Å². The molecule has 0 aliphatic rings. The average molecular weight is 417 g/mol. The van der Waals surface area contributed by atoms with Gasteiger partial charge in [0.2, 0.25) is 0 Å². The summed E-state index contributed by atoms with van der Waals surface area (Å²) in [6, 6.07) is 0.940. The normalized spacial score (nSPS) is 12.0. The van der Waals surface area contributed by atoms with Crippen molar-refractivity contribution in [1.29, 1.82) is 0 Å². The van der Waals surface area contributed by atoms with E-state index >= 15 is 0 Å². The van der Waals surface area contributed by atoms with Crippen LogP contribution < -0.4 is 0 Å². The van der Waals surface area contributed by atoms with Crippen LogP contribution in [0.4, 0.5) is 0 Å². The van der Waals surface area contributed by atoms with Crippen LogP contribution in [0, 0.1) is 0 Å². The van der Waals surface area contributed by atoms with Gasteiger partial charge in [-0.3, -0.25) is 0 Å². The smallest absolute Gasteiger partial charge is 0.377 e. The lowest BCUT2D eigenvalue weighted by atomic mass is 10.0. The summed E-state index contributed by atoms with van der Waals surface area (Å²) in [5.74, 6) is 0. The fraction of sp³-hybridized carbons (Fsp3) is 1.00. The van der Waals surface area contributed by atoms with E-state index in [0.717, 1.165) is 12.5 Å². The minimum absolute atomic E-state index is 0.940. The van der Waals surface area contributed by atoms with Crippen LogP contribution in [-0.2, 0) is 13.3 Å². The average Bonchev–Trinajstić information content (AvgIpc) is 2.73. The van der Waals surface area contributed by atoms with Crippen molar-refractivity contribution >= 4 is 8.80 Å². The second kappa shape index (κ2) is 21.8. The Morgan fingerprint density at radius 3 is 0.893 bits per heavy atom. The van der Waals surface area contributed by atoms with E-state index in [1.54, 1.807) is 21.3 Å². The molecule has 170 valence electrons. The molecule has 0 radical (unpaired) electrons. The van der Waals surface area contributed by atoms with Crippen LogP contribution in [0.5, 0.6) is 0 Å². The molecule has 0 saturated heterocycles. The van der Waals surface area contributed by atoms with E-state index in [0.29, 0.717) is 0 Å². The molecule has 0 aliphatic carbocycles. The first kappa shape index (κ1) is 28.1. The van der Waals surface area contributed by atoms with Gasteiger partial charge in [0.1, 0.15) is 0 Å². The molecule has 0 saturated carbocycles. The van der Waals surface area contributed by atoms with E-state index in [-0.39, 0.29) is 0 Å². The highest BCUT2D eigenvalue weighted by Gasteiger charge is 2.36. The quantitative estimate of drug-likeness (QED) is 0.124. The van der Waals surface area contributed by atoms with Crippen LogP contribution in [0.1, 0.15) is 129 Å². The summed E-state index contributed by atoms with van der Waals surface area (Å²) in [5, 5.41) is 0. The molecular weight excluding hydrogens is 364 g/mol. The Bertz CT molecular complexity index is 287. The lowest BCUT2D eigenvalue weighted by Gasteiger charge is -2.24. The standard InChI is InChI=1S/C24H52O3Si/c1-5-6-7-8-9-10-11-12-13-14-15-16-17-18-19-20-21-22-23-24-28(25-2,26-3)27-4/h5-24H2,1-4H3. The van der Waals surface area contributed by atoms with Gasteiger partial charge in [-0.05, 0) is 6.42 Å². The van der Waals surface area contributed by atoms with Crippen LogP contribution in [0.2, 0.25) is 6.04 Å². The Morgan fingerprint density at radius 2 is 0.643 bits per heavy atom. The Labute approximate surface area is 178 Å². The van der Waals surface area contributed by atoms with Crippen molar-refractivity contribution in [2.75, 3.05) is 21.3 Å². The molecule has 4 heteroatoms. The van der Waals surface area contributed by atoms with Gasteiger partial charge in [-0.25, -0.2) is 0 Å². The molecule has 3 nitrogen and oxygen atoms in total. The fourth-order valence-corrected chi connectivity index (χ4v) is 5.77. The molecule has 0 unspecified atom stereocenters. The molecular formula is C24H52O3Si. The minimum Gasteiger partial charge on any atom is -0.377 e. The van der Waals surface area contributed by atoms with Crippen LogP contribution >= 0.6 is 0 Å². The Morgan fingerprint density at radius 1 is 0.393 bits per heavy atom. The van der Waals surface area contributed by atoms with E-state index in [9.17, 15) is 0 Å². The van der Waals surface area contributed by atoms with Crippen molar-refractivity contribution in [2.24, 2.45) is 0 Å². The maximum Gasteiger partial charge on any atom is 0.500 e. The number of hydrogen-bond donors (Lipinski definition) is 0. The van der Waals surface area contributed by atoms with Gasteiger partial charge in [0.05, 0.1) is 0 Å². The van der Waals surface area contributed by atoms with Crippen LogP contribution in [0.3, 0.4) is 0 Å². The Kier molecular flexibility index (Phi) is 21.9. The Balaban J connectivity index is 3.18. The summed E-state index contributed by atoms with van der Waals surface area (Å²) in [6.07, 6.45) is 26.8. The third kappa shape index (κ3) is 17.0. The predicted octanol–water partition coefficient (Wildman–Crippen LogP) is 8.30. The highest BCUT2D eigenvalue weighted by atomic mass is 28.4. The highest BCUT2D eigenvalue weighted by Crippen LogP contribution is 2.19. The van der Waals surface area contributed by atoms with Gasteiger partial charge in [0.25, 0.3) is 0 Å². The summed E-state index contributed by atoms with van der Waals surface area (Å²) in [6.45, 7) is 2.29. The maximum atomic E-state index is 5.47. The summed E-state index contributed by atoms with van der Waals surface area (Å²) < 4.78 is 16.4. The molecule has 0 amide bonds. The first-order chi connectivity index (χ1) is 13.7. The second-order valence-corrected chi connectivity index (χ2v) is 11.5. The fourth-order valence-electron chi connectivity index (χ4n) is 3.98. The molecule has 0 N–H and O–H groups in total. The molecule has 28 heavy (non-hydrogen) atoms. The molecule has 0 bridgehead atoms. The van der Waals surface area contributed by atoms with Crippen molar-refractivity contribution in [1.82, 2.24) is 0 Å². The summed E-state index contributed by atoms with van der Waals surface area (Å²) in [5.41, 5.74) is 0. The van der Waals surface area contributed by atoms with Gasteiger partial charge in [-0.1, -0.05) is 122 Å². The van der Waals surface area contributed by atoms with E-state index < -0.39 is 8.80 Å². The zero-order valence-corrected chi connectivity index (χ0v) is 20.9. The third-order valence-corrected chi connectivity index (χ3v) is 8.85. The lowest BCUT2D eigenvalue weighted by Crippen LogP contribution is -2.42. The van der Waals surface area contributed by atoms with Crippen molar-refractivity contribution in [3.63, 3.8) is 0 Å². The molecule has 0 aromatic rings. The Hall–Kier alpha value is 0.0969. The van der Waals surface area contributed by atoms with Gasteiger partial charge in [-0.15, -0.1) is 0 Å². The van der Waals surface area contributed by atoms with E-state index in [4.69, 9.17) is 13.3 Å². The SMILES string of the molecule is CCCCCCCCCCCCCCCCCCCCC[Si](OC)(OC)OC. The largest absolute Gasteiger partial charge is 0.500 e. The first-order valence-electron chi connectivity index (χ1n) is 12.4. The lowest BCUT2D eigenvalue weighted by molar-refractivity contribution is 0.122. The van der Waals surface area contributed by atoms with Crippen LogP contribution in [0.15, 0.2) is 0 Å². The topological polar surface area (TPSA) is 27.7 Å². The highest BCUT2D eigenvalue weighted by molar-refractivity contribution is 6.60. The summed E-state index contributed by atoms with van der Waals surface area (Å²) in [4.78, 5) is 0. The molecule has 0 aromatic carbocycles. The van der Waals surface area contributed by atoms with Gasteiger partial charge in [0.15, 0.2) is 0 Å². The van der Waals surface area contributed by atoms with Crippen molar-refractivity contribution in [3.8, 4) is 0 Å². The summed E-state index contributed by atoms with van der Waals surface area (Å²) >= 11 is 0. The predicted molar refractivity (Wildman–Crippen MR) is 125 cm³/mol. The van der Waals surface area contributed by atoms with Gasteiger partial charge in [0, 0.05) is 27.4 Å². The van der Waals surface area contributed by atoms with Crippen LogP contribution in [-0.4, -0.2) is 30.1 Å². The van der Waals surface area contributed by atoms with Crippen molar-refractivity contribution < 1.29 is 13.3 Å². The monoisotopic (exact) mass is 416 g/mol. The van der Waals surface area contributed by atoms with Gasteiger partial charge >= 0.3 is 8.80 Å². The third-order valence-electron chi connectivity index (χ3n) is 6.02. The van der Waals surface area contributed by atoms with Crippen molar-refractivity contribution in [2.45, 2.75) is 135 Å². The van der Waals surface area contributed by atoms with Crippen molar-refractivity contribution in [3.05, 3.63) is 0 Å². The molecule has 0 spiro atoms. The zero-order chi connectivity index (χ0) is 20.8. The van der Waals surface area contributed by atoms with Gasteiger partial charge < -0.3 is 13.3 Å². The van der Waals surface area contributed by atoms with Gasteiger partial charge in [-0.2, -0.15) is 0 Å². The number of unbranched alkanes of at least 4 members (excludes halogenated alkanes) is 18.